The van der Waals surface area contributed by atoms with E-state index in [0.717, 1.165) is 5.56 Å². The Balaban J connectivity index is 2.13. The Kier molecular flexibility index (Phi) is 6.27. The second-order valence-electron chi connectivity index (χ2n) is 5.62. The van der Waals surface area contributed by atoms with E-state index in [1.807, 2.05) is 6.92 Å². The molecule has 8 nitrogen and oxygen atoms in total. The second-order valence-corrected chi connectivity index (χ2v) is 7.55. The van der Waals surface area contributed by atoms with Crippen molar-refractivity contribution in [2.24, 2.45) is 0 Å². The van der Waals surface area contributed by atoms with Gasteiger partial charge in [0.2, 0.25) is 10.0 Å². The molecule has 2 N–H and O–H groups in total. The quantitative estimate of drug-likeness (QED) is 0.725. The number of anilines is 1. The maximum absolute atomic E-state index is 12.5. The third-order valence-electron chi connectivity index (χ3n) is 3.96. The van der Waals surface area contributed by atoms with E-state index in [0.29, 0.717) is 18.9 Å². The summed E-state index contributed by atoms with van der Waals surface area (Å²) in [6.07, 6.45) is 2.52. The Hall–Kier alpha value is -2.52. The Morgan fingerprint density at radius 3 is 2.23 bits per heavy atom. The Labute approximate surface area is 153 Å². The fraction of sp³-hybridized carbons (Fsp3) is 0.353. The van der Waals surface area contributed by atoms with Crippen LogP contribution in [0.25, 0.3) is 0 Å². The van der Waals surface area contributed by atoms with E-state index in [2.05, 4.69) is 15.3 Å². The van der Waals surface area contributed by atoms with Crippen LogP contribution >= 0.6 is 0 Å². The first-order valence-corrected chi connectivity index (χ1v) is 9.65. The zero-order chi connectivity index (χ0) is 19.3. The second kappa shape index (κ2) is 8.24. The van der Waals surface area contributed by atoms with Gasteiger partial charge in [0.1, 0.15) is 5.82 Å². The average molecular weight is 378 g/mol. The summed E-state index contributed by atoms with van der Waals surface area (Å²) in [5.74, 6) is -0.704. The van der Waals surface area contributed by atoms with Crippen LogP contribution < -0.4 is 5.32 Å². The lowest BCUT2D eigenvalue weighted by atomic mass is 10.1. The van der Waals surface area contributed by atoms with E-state index in [1.165, 1.54) is 16.7 Å². The van der Waals surface area contributed by atoms with Crippen molar-refractivity contribution in [2.75, 3.05) is 18.4 Å². The molecule has 1 atom stereocenters. The predicted octanol–water partition coefficient (Wildman–Crippen LogP) is 2.38. The van der Waals surface area contributed by atoms with Crippen LogP contribution in [0.1, 0.15) is 42.9 Å². The summed E-state index contributed by atoms with van der Waals surface area (Å²) in [4.78, 5) is 18.8. The smallest absolute Gasteiger partial charge is 0.356 e. The summed E-state index contributed by atoms with van der Waals surface area (Å²) in [7, 11) is -3.48. The monoisotopic (exact) mass is 378 g/mol. The van der Waals surface area contributed by atoms with Gasteiger partial charge in [0, 0.05) is 19.1 Å². The van der Waals surface area contributed by atoms with E-state index in [9.17, 15) is 13.2 Å². The van der Waals surface area contributed by atoms with Crippen LogP contribution in [-0.2, 0) is 10.0 Å². The highest BCUT2D eigenvalue weighted by Crippen LogP contribution is 2.21. The molecule has 0 aliphatic carbocycles. The molecule has 0 fully saturated rings. The first-order chi connectivity index (χ1) is 12.3. The molecule has 1 aromatic carbocycles. The molecule has 0 aliphatic heterocycles. The minimum atomic E-state index is -3.48. The zero-order valence-electron chi connectivity index (χ0n) is 14.9. The minimum absolute atomic E-state index is 0.130. The number of nitrogens with zero attached hydrogens (tertiary/aromatic N) is 3. The Morgan fingerprint density at radius 1 is 1.15 bits per heavy atom. The van der Waals surface area contributed by atoms with Gasteiger partial charge in [0.15, 0.2) is 5.69 Å². The lowest BCUT2D eigenvalue weighted by molar-refractivity contribution is 0.0690. The van der Waals surface area contributed by atoms with E-state index in [-0.39, 0.29) is 16.6 Å². The van der Waals surface area contributed by atoms with Gasteiger partial charge in [-0.1, -0.05) is 26.0 Å². The number of hydrogen-bond acceptors (Lipinski definition) is 6. The highest BCUT2D eigenvalue weighted by molar-refractivity contribution is 7.89. The number of aromatic nitrogens is 2. The van der Waals surface area contributed by atoms with Crippen molar-refractivity contribution >= 4 is 21.8 Å². The fourth-order valence-electron chi connectivity index (χ4n) is 2.46. The van der Waals surface area contributed by atoms with Crippen molar-refractivity contribution in [3.05, 3.63) is 47.9 Å². The summed E-state index contributed by atoms with van der Waals surface area (Å²) >= 11 is 0. The van der Waals surface area contributed by atoms with Gasteiger partial charge < -0.3 is 10.4 Å². The molecule has 2 rings (SSSR count). The van der Waals surface area contributed by atoms with Crippen molar-refractivity contribution in [2.45, 2.75) is 31.7 Å². The standard InChI is InChI=1S/C17H22N4O4S/c1-4-21(5-2)26(24,25)14-8-6-13(7-9-14)12(3)20-16-11-18-15(10-19-16)17(22)23/h6-12H,4-5H2,1-3H3,(H,19,20)(H,22,23). The van der Waals surface area contributed by atoms with Gasteiger partial charge in [0.05, 0.1) is 17.3 Å². The summed E-state index contributed by atoms with van der Waals surface area (Å²) in [5, 5.41) is 11.9. The molecule has 0 amide bonds. The van der Waals surface area contributed by atoms with E-state index >= 15 is 0 Å². The molecule has 0 bridgehead atoms. The van der Waals surface area contributed by atoms with Crippen LogP contribution in [0, 0.1) is 0 Å². The third kappa shape index (κ3) is 4.36. The fourth-order valence-corrected chi connectivity index (χ4v) is 3.92. The van der Waals surface area contributed by atoms with E-state index in [4.69, 9.17) is 5.11 Å². The predicted molar refractivity (Wildman–Crippen MR) is 97.6 cm³/mol. The molecule has 0 saturated heterocycles. The van der Waals surface area contributed by atoms with Gasteiger partial charge in [-0.15, -0.1) is 0 Å². The number of sulfonamides is 1. The summed E-state index contributed by atoms with van der Waals surface area (Å²) in [6.45, 7) is 6.34. The first kappa shape index (κ1) is 19.8. The number of nitrogens with one attached hydrogen (secondary N) is 1. The van der Waals surface area contributed by atoms with E-state index < -0.39 is 16.0 Å². The average Bonchev–Trinajstić information content (AvgIpc) is 2.63. The first-order valence-electron chi connectivity index (χ1n) is 8.21. The molecular formula is C17H22N4O4S. The summed E-state index contributed by atoms with van der Waals surface area (Å²) in [5.41, 5.74) is 0.738. The molecule has 1 heterocycles. The number of aromatic carboxylic acids is 1. The molecule has 1 aromatic heterocycles. The summed E-state index contributed by atoms with van der Waals surface area (Å²) in [6, 6.07) is 6.49. The van der Waals surface area contributed by atoms with Crippen LogP contribution in [0.15, 0.2) is 41.6 Å². The van der Waals surface area contributed by atoms with Gasteiger partial charge in [0.25, 0.3) is 0 Å². The molecule has 2 aromatic rings. The Bertz CT molecular complexity index is 847. The van der Waals surface area contributed by atoms with Crippen molar-refractivity contribution in [3.63, 3.8) is 0 Å². The molecule has 1 unspecified atom stereocenters. The number of hydrogen-bond donors (Lipinski definition) is 2. The molecule has 9 heteroatoms. The minimum Gasteiger partial charge on any atom is -0.476 e. The zero-order valence-corrected chi connectivity index (χ0v) is 15.7. The van der Waals surface area contributed by atoms with Crippen molar-refractivity contribution in [3.8, 4) is 0 Å². The van der Waals surface area contributed by atoms with Crippen LogP contribution in [0.3, 0.4) is 0 Å². The Morgan fingerprint density at radius 2 is 1.77 bits per heavy atom. The third-order valence-corrected chi connectivity index (χ3v) is 6.02. The van der Waals surface area contributed by atoms with Crippen LogP contribution in [-0.4, -0.2) is 46.9 Å². The molecule has 0 spiro atoms. The highest BCUT2D eigenvalue weighted by Gasteiger charge is 2.21. The molecule has 26 heavy (non-hydrogen) atoms. The van der Waals surface area contributed by atoms with Gasteiger partial charge >= 0.3 is 5.97 Å². The maximum Gasteiger partial charge on any atom is 0.356 e. The van der Waals surface area contributed by atoms with Gasteiger partial charge in [-0.3, -0.25) is 0 Å². The molecule has 0 radical (unpaired) electrons. The lowest BCUT2D eigenvalue weighted by Crippen LogP contribution is -2.30. The number of rotatable bonds is 8. The van der Waals surface area contributed by atoms with Gasteiger partial charge in [-0.25, -0.2) is 23.2 Å². The molecule has 140 valence electrons. The normalized spacial score (nSPS) is 12.8. The van der Waals surface area contributed by atoms with Crippen molar-refractivity contribution in [1.82, 2.24) is 14.3 Å². The molecule has 0 saturated carbocycles. The van der Waals surface area contributed by atoms with E-state index in [1.54, 1.807) is 38.1 Å². The number of carboxylic acid groups (broad SMARTS) is 1. The van der Waals surface area contributed by atoms with Crippen LogP contribution in [0.5, 0.6) is 0 Å². The lowest BCUT2D eigenvalue weighted by Gasteiger charge is -2.19. The van der Waals surface area contributed by atoms with Crippen molar-refractivity contribution in [1.29, 1.82) is 0 Å². The molecular weight excluding hydrogens is 356 g/mol. The number of carboxylic acids is 1. The van der Waals surface area contributed by atoms with Crippen LogP contribution in [0.4, 0.5) is 5.82 Å². The largest absolute Gasteiger partial charge is 0.476 e. The van der Waals surface area contributed by atoms with Gasteiger partial charge in [-0.2, -0.15) is 4.31 Å². The topological polar surface area (TPSA) is 112 Å². The van der Waals surface area contributed by atoms with Gasteiger partial charge in [-0.05, 0) is 24.6 Å². The van der Waals surface area contributed by atoms with Crippen molar-refractivity contribution < 1.29 is 18.3 Å². The SMILES string of the molecule is CCN(CC)S(=O)(=O)c1ccc(C(C)Nc2cnc(C(=O)O)cn2)cc1. The molecule has 0 aliphatic rings. The number of benzene rings is 1. The summed E-state index contributed by atoms with van der Waals surface area (Å²) < 4.78 is 26.4. The van der Waals surface area contributed by atoms with Crippen LogP contribution in [0.2, 0.25) is 0 Å². The highest BCUT2D eigenvalue weighted by atomic mass is 32.2. The number of carbonyl (C=O) groups is 1. The maximum atomic E-state index is 12.5.